The van der Waals surface area contributed by atoms with Gasteiger partial charge in [0, 0.05) is 30.7 Å². The molecule has 5 nitrogen and oxygen atoms in total. The fraction of sp³-hybridized carbons (Fsp3) is 0.524. The zero-order valence-electron chi connectivity index (χ0n) is 15.6. The number of hydrogen-bond donors (Lipinski definition) is 1. The number of hydrogen-bond acceptors (Lipinski definition) is 5. The number of anilines is 1. The normalized spacial score (nSPS) is 21.9. The summed E-state index contributed by atoms with van der Waals surface area (Å²) in [6, 6.07) is 10.0. The molecule has 2 fully saturated rings. The average molecular weight is 386 g/mol. The number of piperidine rings is 1. The number of benzene rings is 1. The van der Waals surface area contributed by atoms with Gasteiger partial charge < -0.3 is 10.1 Å². The summed E-state index contributed by atoms with van der Waals surface area (Å²) in [5, 5.41) is 5.77. The van der Waals surface area contributed by atoms with Crippen molar-refractivity contribution in [3.05, 3.63) is 35.7 Å². The zero-order chi connectivity index (χ0) is 18.5. The molecule has 2 aliphatic rings. The van der Waals surface area contributed by atoms with Crippen LogP contribution in [0, 0.1) is 5.92 Å². The Morgan fingerprint density at radius 2 is 2.00 bits per heavy atom. The van der Waals surface area contributed by atoms with Gasteiger partial charge in [-0.25, -0.2) is 4.98 Å². The second-order valence-corrected chi connectivity index (χ2v) is 8.31. The van der Waals surface area contributed by atoms with E-state index >= 15 is 0 Å². The van der Waals surface area contributed by atoms with Crippen LogP contribution in [0.15, 0.2) is 35.7 Å². The van der Waals surface area contributed by atoms with Gasteiger partial charge in [0.15, 0.2) is 5.13 Å². The summed E-state index contributed by atoms with van der Waals surface area (Å²) >= 11 is 1.50. The Balaban J connectivity index is 1.39. The summed E-state index contributed by atoms with van der Waals surface area (Å²) < 4.78 is 5.48. The summed E-state index contributed by atoms with van der Waals surface area (Å²) in [6.07, 6.45) is 5.46. The fourth-order valence-electron chi connectivity index (χ4n) is 4.03. The first-order valence-electron chi connectivity index (χ1n) is 9.93. The molecule has 0 unspecified atom stereocenters. The van der Waals surface area contributed by atoms with E-state index in [4.69, 9.17) is 4.74 Å². The number of nitrogens with one attached hydrogen (secondary N) is 1. The molecule has 2 aliphatic heterocycles. The topological polar surface area (TPSA) is 54.5 Å². The third-order valence-corrected chi connectivity index (χ3v) is 6.31. The van der Waals surface area contributed by atoms with Crippen molar-refractivity contribution in [2.75, 3.05) is 31.6 Å². The lowest BCUT2D eigenvalue weighted by Gasteiger charge is -2.37. The van der Waals surface area contributed by atoms with Crippen LogP contribution in [0.3, 0.4) is 0 Å². The summed E-state index contributed by atoms with van der Waals surface area (Å²) in [6.45, 7) is 3.74. The smallest absolute Gasteiger partial charge is 0.243 e. The van der Waals surface area contributed by atoms with E-state index in [0.717, 1.165) is 63.2 Å². The van der Waals surface area contributed by atoms with E-state index in [0.29, 0.717) is 11.0 Å². The van der Waals surface area contributed by atoms with Gasteiger partial charge in [0.05, 0.1) is 11.7 Å². The van der Waals surface area contributed by atoms with Crippen LogP contribution in [0.5, 0.6) is 0 Å². The van der Waals surface area contributed by atoms with Crippen LogP contribution in [0.1, 0.15) is 32.1 Å². The Morgan fingerprint density at radius 1 is 1.19 bits per heavy atom. The van der Waals surface area contributed by atoms with Crippen molar-refractivity contribution in [2.24, 2.45) is 5.92 Å². The molecule has 144 valence electrons. The minimum Gasteiger partial charge on any atom is -0.381 e. The van der Waals surface area contributed by atoms with Gasteiger partial charge >= 0.3 is 0 Å². The molecule has 6 heteroatoms. The van der Waals surface area contributed by atoms with Gasteiger partial charge in [-0.2, -0.15) is 0 Å². The lowest BCUT2D eigenvalue weighted by molar-refractivity contribution is -0.122. The summed E-state index contributed by atoms with van der Waals surface area (Å²) in [7, 11) is 0. The maximum Gasteiger partial charge on any atom is 0.243 e. The molecule has 1 amide bonds. The van der Waals surface area contributed by atoms with Gasteiger partial charge in [-0.15, -0.1) is 11.3 Å². The molecule has 3 heterocycles. The molecule has 1 N–H and O–H groups in total. The van der Waals surface area contributed by atoms with Gasteiger partial charge in [-0.1, -0.05) is 36.8 Å². The van der Waals surface area contributed by atoms with Gasteiger partial charge in [0.1, 0.15) is 0 Å². The third kappa shape index (κ3) is 4.75. The van der Waals surface area contributed by atoms with E-state index < -0.39 is 0 Å². The number of amides is 1. The van der Waals surface area contributed by atoms with Crippen LogP contribution in [0.25, 0.3) is 11.3 Å². The predicted molar refractivity (Wildman–Crippen MR) is 109 cm³/mol. The number of carbonyl (C=O) groups is 1. The molecule has 2 saturated heterocycles. The van der Waals surface area contributed by atoms with Crippen LogP contribution in [-0.4, -0.2) is 48.1 Å². The van der Waals surface area contributed by atoms with Crippen LogP contribution in [-0.2, 0) is 9.53 Å². The van der Waals surface area contributed by atoms with E-state index in [2.05, 4.69) is 15.2 Å². The van der Waals surface area contributed by atoms with E-state index in [-0.39, 0.29) is 11.9 Å². The Morgan fingerprint density at radius 3 is 2.81 bits per heavy atom. The maximum atomic E-state index is 13.0. The highest BCUT2D eigenvalue weighted by Crippen LogP contribution is 2.27. The molecule has 1 aromatic carbocycles. The van der Waals surface area contributed by atoms with Crippen LogP contribution in [0.2, 0.25) is 0 Å². The van der Waals surface area contributed by atoms with Gasteiger partial charge in [0.2, 0.25) is 5.91 Å². The minimum absolute atomic E-state index is 0.0364. The van der Waals surface area contributed by atoms with Gasteiger partial charge in [-0.05, 0) is 38.1 Å². The quantitative estimate of drug-likeness (QED) is 0.844. The van der Waals surface area contributed by atoms with Crippen LogP contribution < -0.4 is 5.32 Å². The summed E-state index contributed by atoms with van der Waals surface area (Å²) in [4.78, 5) is 20.0. The third-order valence-electron chi connectivity index (χ3n) is 5.55. The Kier molecular flexibility index (Phi) is 6.17. The average Bonchev–Trinajstić information content (AvgIpc) is 3.18. The standard InChI is InChI=1S/C21H27N3O2S/c25-20(23-21-22-18(15-27-21)17-6-2-1-3-7-17)19-8-4-5-11-24(19)14-16-9-12-26-13-10-16/h1-3,6-7,15-16,19H,4-5,8-14H2,(H,22,23,25)/t19-/m0/s1. The van der Waals surface area contributed by atoms with Gasteiger partial charge in [0.25, 0.3) is 0 Å². The van der Waals surface area contributed by atoms with Crippen molar-refractivity contribution in [1.82, 2.24) is 9.88 Å². The highest BCUT2D eigenvalue weighted by molar-refractivity contribution is 7.14. The number of aromatic nitrogens is 1. The molecule has 0 bridgehead atoms. The number of carbonyl (C=O) groups excluding carboxylic acids is 1. The molecular weight excluding hydrogens is 358 g/mol. The van der Waals surface area contributed by atoms with E-state index in [1.807, 2.05) is 35.7 Å². The molecule has 0 aliphatic carbocycles. The number of ether oxygens (including phenoxy) is 1. The van der Waals surface area contributed by atoms with Crippen molar-refractivity contribution in [1.29, 1.82) is 0 Å². The molecule has 1 aromatic heterocycles. The molecule has 4 rings (SSSR count). The van der Waals surface area contributed by atoms with E-state index in [1.54, 1.807) is 0 Å². The number of likely N-dealkylation sites (tertiary alicyclic amines) is 1. The monoisotopic (exact) mass is 385 g/mol. The van der Waals surface area contributed by atoms with E-state index in [1.165, 1.54) is 17.8 Å². The lowest BCUT2D eigenvalue weighted by atomic mass is 9.95. The second-order valence-electron chi connectivity index (χ2n) is 7.46. The van der Waals surface area contributed by atoms with Crippen molar-refractivity contribution in [3.8, 4) is 11.3 Å². The highest BCUT2D eigenvalue weighted by atomic mass is 32.1. The first-order chi connectivity index (χ1) is 13.3. The number of thiazole rings is 1. The molecule has 0 saturated carbocycles. The van der Waals surface area contributed by atoms with Crippen LogP contribution >= 0.6 is 11.3 Å². The molecule has 1 atom stereocenters. The second kappa shape index (κ2) is 8.95. The van der Waals surface area contributed by atoms with Crippen LogP contribution in [0.4, 0.5) is 5.13 Å². The first kappa shape index (κ1) is 18.6. The first-order valence-corrected chi connectivity index (χ1v) is 10.8. The van der Waals surface area contributed by atoms with Crippen molar-refractivity contribution >= 4 is 22.4 Å². The predicted octanol–water partition coefficient (Wildman–Crippen LogP) is 4.03. The molecule has 0 spiro atoms. The Hall–Kier alpha value is -1.76. The Labute approximate surface area is 164 Å². The van der Waals surface area contributed by atoms with Gasteiger partial charge in [-0.3, -0.25) is 9.69 Å². The SMILES string of the molecule is O=C(Nc1nc(-c2ccccc2)cs1)[C@@H]1CCCCN1CC1CCOCC1. The van der Waals surface area contributed by atoms with Crippen molar-refractivity contribution in [2.45, 2.75) is 38.1 Å². The molecule has 0 radical (unpaired) electrons. The van der Waals surface area contributed by atoms with Crippen molar-refractivity contribution in [3.63, 3.8) is 0 Å². The summed E-state index contributed by atoms with van der Waals surface area (Å²) in [5.41, 5.74) is 1.99. The maximum absolute atomic E-state index is 13.0. The number of nitrogens with zero attached hydrogens (tertiary/aromatic N) is 2. The fourth-order valence-corrected chi connectivity index (χ4v) is 4.75. The largest absolute Gasteiger partial charge is 0.381 e. The number of rotatable bonds is 5. The molecule has 2 aromatic rings. The summed E-state index contributed by atoms with van der Waals surface area (Å²) in [5.74, 6) is 0.743. The highest BCUT2D eigenvalue weighted by Gasteiger charge is 2.31. The zero-order valence-corrected chi connectivity index (χ0v) is 16.4. The molecule has 27 heavy (non-hydrogen) atoms. The Bertz CT molecular complexity index is 743. The van der Waals surface area contributed by atoms with E-state index in [9.17, 15) is 4.79 Å². The minimum atomic E-state index is -0.0364. The lowest BCUT2D eigenvalue weighted by Crippen LogP contribution is -2.49. The molecular formula is C21H27N3O2S. The van der Waals surface area contributed by atoms with Crippen molar-refractivity contribution < 1.29 is 9.53 Å².